The maximum absolute atomic E-state index is 11.1. The van der Waals surface area contributed by atoms with Gasteiger partial charge in [0.25, 0.3) is 0 Å². The van der Waals surface area contributed by atoms with Gasteiger partial charge in [0.05, 0.1) is 12.1 Å². The Bertz CT molecular complexity index is 420. The van der Waals surface area contributed by atoms with E-state index in [4.69, 9.17) is 16.0 Å². The second kappa shape index (κ2) is 5.66. The van der Waals surface area contributed by atoms with Crippen LogP contribution in [0.4, 0.5) is 0 Å². The number of carbonyl (C=O) groups excluding carboxylic acids is 1. The van der Waals surface area contributed by atoms with Crippen LogP contribution in [0.3, 0.4) is 0 Å². The average molecular weight is 240 g/mol. The third-order valence-electron chi connectivity index (χ3n) is 2.17. The van der Waals surface area contributed by atoms with E-state index in [1.54, 1.807) is 25.3 Å². The van der Waals surface area contributed by atoms with Gasteiger partial charge in [-0.2, -0.15) is 0 Å². The number of aromatic nitrogens is 1. The van der Waals surface area contributed by atoms with Crippen molar-refractivity contribution in [3.05, 3.63) is 36.6 Å². The van der Waals surface area contributed by atoms with Crippen LogP contribution in [-0.2, 0) is 4.79 Å². The molecule has 1 aromatic rings. The Morgan fingerprint density at radius 1 is 1.75 bits per heavy atom. The molecular weight excluding hydrogens is 226 g/mol. The molecule has 1 rings (SSSR count). The van der Waals surface area contributed by atoms with Crippen molar-refractivity contribution >= 4 is 22.4 Å². The normalized spacial score (nSPS) is 13.6. The van der Waals surface area contributed by atoms with Crippen molar-refractivity contribution in [2.75, 3.05) is 0 Å². The van der Waals surface area contributed by atoms with Crippen LogP contribution in [0.25, 0.3) is 5.57 Å². The summed E-state index contributed by atoms with van der Waals surface area (Å²) >= 11 is 5.48. The van der Waals surface area contributed by atoms with E-state index in [0.717, 1.165) is 5.57 Å². The highest BCUT2D eigenvalue weighted by Gasteiger charge is 2.13. The lowest BCUT2D eigenvalue weighted by Crippen LogP contribution is -2.04. The molecule has 16 heavy (non-hydrogen) atoms. The highest BCUT2D eigenvalue weighted by molar-refractivity contribution is 6.64. The average Bonchev–Trinajstić information content (AvgIpc) is 2.64. The summed E-state index contributed by atoms with van der Waals surface area (Å²) in [5.41, 5.74) is 0.849. The highest BCUT2D eigenvalue weighted by Crippen LogP contribution is 2.20. The summed E-state index contributed by atoms with van der Waals surface area (Å²) in [7, 11) is 0. The lowest BCUT2D eigenvalue weighted by molar-refractivity contribution is -0.113. The maximum atomic E-state index is 11.1. The van der Waals surface area contributed by atoms with E-state index in [1.807, 2.05) is 6.92 Å². The van der Waals surface area contributed by atoms with Gasteiger partial charge in [0.2, 0.25) is 5.24 Å². The van der Waals surface area contributed by atoms with Gasteiger partial charge in [0.1, 0.15) is 5.76 Å². The summed E-state index contributed by atoms with van der Waals surface area (Å²) < 4.78 is 5.34. The van der Waals surface area contributed by atoms with Crippen LogP contribution in [0.15, 0.2) is 29.3 Å². The van der Waals surface area contributed by atoms with Crippen LogP contribution in [0, 0.1) is 12.8 Å². The molecule has 0 N–H and O–H groups in total. The Morgan fingerprint density at radius 2 is 2.44 bits per heavy atom. The Kier molecular flexibility index (Phi) is 4.50. The third-order valence-corrected chi connectivity index (χ3v) is 2.45. The van der Waals surface area contributed by atoms with Gasteiger partial charge in [0.15, 0.2) is 5.89 Å². The van der Waals surface area contributed by atoms with Crippen molar-refractivity contribution in [1.29, 1.82) is 0 Å². The molecule has 0 aromatic carbocycles. The molecule has 0 saturated heterocycles. The molecule has 3 nitrogen and oxygen atoms in total. The summed E-state index contributed by atoms with van der Waals surface area (Å²) in [6, 6.07) is 0. The fraction of sp³-hybridized carbons (Fsp3) is 0.333. The van der Waals surface area contributed by atoms with Gasteiger partial charge < -0.3 is 4.42 Å². The Labute approximate surface area is 99.8 Å². The topological polar surface area (TPSA) is 43.1 Å². The van der Waals surface area contributed by atoms with Crippen molar-refractivity contribution in [1.82, 2.24) is 4.98 Å². The molecule has 0 spiro atoms. The van der Waals surface area contributed by atoms with Crippen LogP contribution >= 0.6 is 11.6 Å². The molecule has 1 aromatic heterocycles. The lowest BCUT2D eigenvalue weighted by atomic mass is 10.0. The SMILES string of the molecule is C=CCC(/C=C(\C)c1cnc(C)o1)C(=O)Cl. The molecule has 0 bridgehead atoms. The summed E-state index contributed by atoms with van der Waals surface area (Å²) in [6.07, 6.45) is 5.59. The van der Waals surface area contributed by atoms with Gasteiger partial charge in [-0.15, -0.1) is 6.58 Å². The predicted octanol–water partition coefficient (Wildman–Crippen LogP) is 3.34. The molecule has 1 heterocycles. The number of rotatable bonds is 5. The van der Waals surface area contributed by atoms with Crippen molar-refractivity contribution in [2.24, 2.45) is 5.92 Å². The van der Waals surface area contributed by atoms with E-state index in [2.05, 4.69) is 11.6 Å². The number of halogens is 1. The summed E-state index contributed by atoms with van der Waals surface area (Å²) in [6.45, 7) is 7.22. The largest absolute Gasteiger partial charge is 0.441 e. The van der Waals surface area contributed by atoms with Crippen molar-refractivity contribution in [3.8, 4) is 0 Å². The highest BCUT2D eigenvalue weighted by atomic mass is 35.5. The van der Waals surface area contributed by atoms with Crippen molar-refractivity contribution < 1.29 is 9.21 Å². The first-order chi connectivity index (χ1) is 7.54. The number of carbonyl (C=O) groups is 1. The summed E-state index contributed by atoms with van der Waals surface area (Å²) in [5.74, 6) is 0.897. The molecule has 0 aliphatic heterocycles. The van der Waals surface area contributed by atoms with E-state index in [1.165, 1.54) is 0 Å². The van der Waals surface area contributed by atoms with Crippen LogP contribution < -0.4 is 0 Å². The molecule has 1 unspecified atom stereocenters. The first kappa shape index (κ1) is 12.7. The van der Waals surface area contributed by atoms with Gasteiger partial charge in [0, 0.05) is 6.92 Å². The molecule has 0 aliphatic rings. The van der Waals surface area contributed by atoms with Crippen LogP contribution in [0.5, 0.6) is 0 Å². The number of hydrogen-bond acceptors (Lipinski definition) is 3. The van der Waals surface area contributed by atoms with Gasteiger partial charge >= 0.3 is 0 Å². The van der Waals surface area contributed by atoms with E-state index in [9.17, 15) is 4.79 Å². The van der Waals surface area contributed by atoms with Crippen molar-refractivity contribution in [3.63, 3.8) is 0 Å². The minimum atomic E-state index is -0.393. The second-order valence-corrected chi connectivity index (χ2v) is 3.90. The van der Waals surface area contributed by atoms with E-state index < -0.39 is 5.24 Å². The summed E-state index contributed by atoms with van der Waals surface area (Å²) in [5, 5.41) is -0.393. The number of aryl methyl sites for hydroxylation is 1. The van der Waals surface area contributed by atoms with Gasteiger partial charge in [-0.05, 0) is 30.5 Å². The van der Waals surface area contributed by atoms with E-state index in [-0.39, 0.29) is 5.92 Å². The van der Waals surface area contributed by atoms with E-state index >= 15 is 0 Å². The molecule has 0 saturated carbocycles. The Morgan fingerprint density at radius 3 is 2.88 bits per heavy atom. The minimum absolute atomic E-state index is 0.357. The molecule has 1 atom stereocenters. The lowest BCUT2D eigenvalue weighted by Gasteiger charge is -2.05. The quantitative estimate of drug-likeness (QED) is 0.585. The van der Waals surface area contributed by atoms with E-state index in [0.29, 0.717) is 18.1 Å². The zero-order valence-electron chi connectivity index (χ0n) is 9.37. The fourth-order valence-electron chi connectivity index (χ4n) is 1.33. The van der Waals surface area contributed by atoms with Crippen LogP contribution in [0.2, 0.25) is 0 Å². The molecular formula is C12H14ClNO2. The second-order valence-electron chi connectivity index (χ2n) is 3.53. The zero-order chi connectivity index (χ0) is 12.1. The number of oxazole rings is 1. The molecule has 0 amide bonds. The van der Waals surface area contributed by atoms with Gasteiger partial charge in [-0.25, -0.2) is 4.98 Å². The minimum Gasteiger partial charge on any atom is -0.441 e. The van der Waals surface area contributed by atoms with Crippen molar-refractivity contribution in [2.45, 2.75) is 20.3 Å². The molecule has 4 heteroatoms. The monoisotopic (exact) mass is 239 g/mol. The Hall–Kier alpha value is -1.35. The Balaban J connectivity index is 2.88. The first-order valence-corrected chi connectivity index (χ1v) is 5.34. The molecule has 0 aliphatic carbocycles. The first-order valence-electron chi connectivity index (χ1n) is 4.96. The summed E-state index contributed by atoms with van der Waals surface area (Å²) in [4.78, 5) is 15.1. The maximum Gasteiger partial charge on any atom is 0.228 e. The molecule has 0 fully saturated rings. The fourth-order valence-corrected chi connectivity index (χ4v) is 1.49. The smallest absolute Gasteiger partial charge is 0.228 e. The number of allylic oxidation sites excluding steroid dienone is 3. The molecule has 86 valence electrons. The van der Waals surface area contributed by atoms with Crippen LogP contribution in [-0.4, -0.2) is 10.2 Å². The third kappa shape index (κ3) is 3.35. The number of hydrogen-bond donors (Lipinski definition) is 0. The van der Waals surface area contributed by atoms with Gasteiger partial charge in [-0.1, -0.05) is 12.2 Å². The number of nitrogens with zero attached hydrogens (tertiary/aromatic N) is 1. The van der Waals surface area contributed by atoms with Crippen LogP contribution in [0.1, 0.15) is 25.0 Å². The zero-order valence-corrected chi connectivity index (χ0v) is 10.1. The molecule has 0 radical (unpaired) electrons. The predicted molar refractivity (Wildman–Crippen MR) is 64.1 cm³/mol. The van der Waals surface area contributed by atoms with Gasteiger partial charge in [-0.3, -0.25) is 4.79 Å². The standard InChI is InChI=1S/C12H14ClNO2/c1-4-5-10(12(13)15)6-8(2)11-7-14-9(3)16-11/h4,6-7,10H,1,5H2,2-3H3/b8-6+.